The molecular weight excluding hydrogens is 236 g/mol. The van der Waals surface area contributed by atoms with Gasteiger partial charge in [0.1, 0.15) is 5.75 Å². The molecule has 1 aromatic carbocycles. The van der Waals surface area contributed by atoms with Crippen LogP contribution in [0.1, 0.15) is 24.2 Å². The second-order valence-electron chi connectivity index (χ2n) is 3.96. The number of nitrogens with two attached hydrogens (primary N) is 2. The minimum Gasteiger partial charge on any atom is -0.482 e. The Morgan fingerprint density at radius 1 is 1.33 bits per heavy atom. The summed E-state index contributed by atoms with van der Waals surface area (Å²) in [4.78, 5) is 22.3. The Hall–Kier alpha value is -2.24. The van der Waals surface area contributed by atoms with Crippen molar-refractivity contribution in [2.75, 3.05) is 12.3 Å². The molecule has 0 aromatic heterocycles. The predicted molar refractivity (Wildman–Crippen MR) is 66.1 cm³/mol. The summed E-state index contributed by atoms with van der Waals surface area (Å²) in [5.41, 5.74) is 11.2. The van der Waals surface area contributed by atoms with Crippen molar-refractivity contribution in [3.8, 4) is 5.75 Å². The fourth-order valence-corrected chi connectivity index (χ4v) is 1.22. The summed E-state index contributed by atoms with van der Waals surface area (Å²) >= 11 is 0. The highest BCUT2D eigenvalue weighted by Crippen LogP contribution is 2.23. The first-order valence-electron chi connectivity index (χ1n) is 5.41. The zero-order chi connectivity index (χ0) is 13.7. The largest absolute Gasteiger partial charge is 0.482 e. The first-order valence-corrected chi connectivity index (χ1v) is 5.41. The third kappa shape index (κ3) is 3.97. The molecule has 0 unspecified atom stereocenters. The zero-order valence-corrected chi connectivity index (χ0v) is 10.3. The standard InChI is InChI=1S/C12H16N2O4/c1-7(2)18-12(16)8-3-4-9(13)10(5-8)17-6-11(14)15/h3-5,7H,6,13H2,1-2H3,(H2,14,15). The summed E-state index contributed by atoms with van der Waals surface area (Å²) in [5, 5.41) is 0. The van der Waals surface area contributed by atoms with E-state index in [1.54, 1.807) is 13.8 Å². The van der Waals surface area contributed by atoms with Gasteiger partial charge in [-0.25, -0.2) is 4.79 Å². The van der Waals surface area contributed by atoms with Gasteiger partial charge in [0.2, 0.25) is 0 Å². The van der Waals surface area contributed by atoms with Crippen LogP contribution in [-0.2, 0) is 9.53 Å². The van der Waals surface area contributed by atoms with Gasteiger partial charge >= 0.3 is 5.97 Å². The number of benzene rings is 1. The molecule has 0 saturated carbocycles. The average Bonchev–Trinajstić information content (AvgIpc) is 2.26. The molecule has 4 N–H and O–H groups in total. The van der Waals surface area contributed by atoms with E-state index in [9.17, 15) is 9.59 Å². The van der Waals surface area contributed by atoms with Gasteiger partial charge in [-0.1, -0.05) is 0 Å². The fourth-order valence-electron chi connectivity index (χ4n) is 1.22. The smallest absolute Gasteiger partial charge is 0.338 e. The lowest BCUT2D eigenvalue weighted by molar-refractivity contribution is -0.119. The van der Waals surface area contributed by atoms with Crippen LogP contribution < -0.4 is 16.2 Å². The minimum atomic E-state index is -0.621. The summed E-state index contributed by atoms with van der Waals surface area (Å²) in [7, 11) is 0. The molecule has 18 heavy (non-hydrogen) atoms. The number of hydrogen-bond donors (Lipinski definition) is 2. The highest BCUT2D eigenvalue weighted by molar-refractivity contribution is 5.90. The number of carbonyl (C=O) groups excluding carboxylic acids is 2. The number of ether oxygens (including phenoxy) is 2. The summed E-state index contributed by atoms with van der Waals surface area (Å²) in [6.07, 6.45) is -0.218. The Morgan fingerprint density at radius 2 is 2.00 bits per heavy atom. The van der Waals surface area contributed by atoms with Crippen LogP contribution in [-0.4, -0.2) is 24.6 Å². The van der Waals surface area contributed by atoms with Crippen molar-refractivity contribution in [2.24, 2.45) is 5.73 Å². The molecule has 0 aliphatic heterocycles. The van der Waals surface area contributed by atoms with Crippen molar-refractivity contribution in [3.63, 3.8) is 0 Å². The number of amides is 1. The molecule has 0 fully saturated rings. The number of anilines is 1. The lowest BCUT2D eigenvalue weighted by Gasteiger charge is -2.11. The maximum atomic E-state index is 11.6. The van der Waals surface area contributed by atoms with Gasteiger partial charge in [0.05, 0.1) is 17.4 Å². The Balaban J connectivity index is 2.86. The van der Waals surface area contributed by atoms with Crippen molar-refractivity contribution in [1.82, 2.24) is 0 Å². The van der Waals surface area contributed by atoms with E-state index < -0.39 is 11.9 Å². The predicted octanol–water partition coefficient (Wildman–Crippen LogP) is 0.698. The average molecular weight is 252 g/mol. The molecule has 0 aliphatic rings. The van der Waals surface area contributed by atoms with E-state index in [1.165, 1.54) is 18.2 Å². The van der Waals surface area contributed by atoms with Crippen molar-refractivity contribution in [1.29, 1.82) is 0 Å². The van der Waals surface area contributed by atoms with Crippen molar-refractivity contribution in [3.05, 3.63) is 23.8 Å². The van der Waals surface area contributed by atoms with Crippen LogP contribution in [0, 0.1) is 0 Å². The maximum absolute atomic E-state index is 11.6. The summed E-state index contributed by atoms with van der Waals surface area (Å²) < 4.78 is 10.1. The molecular formula is C12H16N2O4. The Kier molecular flexibility index (Phi) is 4.53. The SMILES string of the molecule is CC(C)OC(=O)c1ccc(N)c(OCC(N)=O)c1. The molecule has 0 atom stereocenters. The third-order valence-electron chi connectivity index (χ3n) is 1.96. The van der Waals surface area contributed by atoms with Gasteiger partial charge in [0.25, 0.3) is 5.91 Å². The van der Waals surface area contributed by atoms with Gasteiger partial charge in [-0.15, -0.1) is 0 Å². The molecule has 6 heteroatoms. The molecule has 0 spiro atoms. The minimum absolute atomic E-state index is 0.218. The topological polar surface area (TPSA) is 105 Å². The summed E-state index contributed by atoms with van der Waals surface area (Å²) in [6.45, 7) is 3.20. The van der Waals surface area contributed by atoms with E-state index in [-0.39, 0.29) is 18.5 Å². The highest BCUT2D eigenvalue weighted by atomic mass is 16.5. The van der Waals surface area contributed by atoms with Crippen molar-refractivity contribution in [2.45, 2.75) is 20.0 Å². The molecule has 1 amide bonds. The molecule has 0 saturated heterocycles. The molecule has 0 heterocycles. The lowest BCUT2D eigenvalue weighted by Crippen LogP contribution is -2.20. The first kappa shape index (κ1) is 13.8. The van der Waals surface area contributed by atoms with E-state index in [4.69, 9.17) is 20.9 Å². The van der Waals surface area contributed by atoms with Crippen molar-refractivity contribution >= 4 is 17.6 Å². The fraction of sp³-hybridized carbons (Fsp3) is 0.333. The van der Waals surface area contributed by atoms with Gasteiger partial charge < -0.3 is 20.9 Å². The van der Waals surface area contributed by atoms with Gasteiger partial charge in [-0.05, 0) is 32.0 Å². The first-order chi connectivity index (χ1) is 8.40. The Bertz CT molecular complexity index is 457. The van der Waals surface area contributed by atoms with E-state index in [0.717, 1.165) is 0 Å². The molecule has 1 aromatic rings. The summed E-state index contributed by atoms with van der Waals surface area (Å²) in [5.74, 6) is -0.870. The van der Waals surface area contributed by atoms with E-state index in [0.29, 0.717) is 11.3 Å². The van der Waals surface area contributed by atoms with Gasteiger partial charge in [0.15, 0.2) is 6.61 Å². The Labute approximate surface area is 105 Å². The Morgan fingerprint density at radius 3 is 2.56 bits per heavy atom. The van der Waals surface area contributed by atoms with Crippen LogP contribution in [0.25, 0.3) is 0 Å². The van der Waals surface area contributed by atoms with Gasteiger partial charge in [0, 0.05) is 0 Å². The lowest BCUT2D eigenvalue weighted by atomic mass is 10.2. The normalized spacial score (nSPS) is 10.2. The number of esters is 1. The van der Waals surface area contributed by atoms with E-state index in [1.807, 2.05) is 0 Å². The summed E-state index contributed by atoms with van der Waals surface area (Å²) in [6, 6.07) is 4.45. The van der Waals surface area contributed by atoms with E-state index >= 15 is 0 Å². The monoisotopic (exact) mass is 252 g/mol. The number of rotatable bonds is 5. The number of carbonyl (C=O) groups is 2. The number of primary amides is 1. The molecule has 6 nitrogen and oxygen atoms in total. The van der Waals surface area contributed by atoms with Crippen LogP contribution >= 0.6 is 0 Å². The zero-order valence-electron chi connectivity index (χ0n) is 10.3. The van der Waals surface area contributed by atoms with Crippen LogP contribution in [0.3, 0.4) is 0 Å². The van der Waals surface area contributed by atoms with Gasteiger partial charge in [-0.2, -0.15) is 0 Å². The molecule has 0 radical (unpaired) electrons. The quantitative estimate of drug-likeness (QED) is 0.592. The third-order valence-corrected chi connectivity index (χ3v) is 1.96. The number of nitrogen functional groups attached to an aromatic ring is 1. The molecule has 1 rings (SSSR count). The second kappa shape index (κ2) is 5.90. The maximum Gasteiger partial charge on any atom is 0.338 e. The molecule has 0 aliphatic carbocycles. The van der Waals surface area contributed by atoms with Crippen LogP contribution in [0.4, 0.5) is 5.69 Å². The van der Waals surface area contributed by atoms with E-state index in [2.05, 4.69) is 0 Å². The number of hydrogen-bond acceptors (Lipinski definition) is 5. The van der Waals surface area contributed by atoms with Gasteiger partial charge in [-0.3, -0.25) is 4.79 Å². The van der Waals surface area contributed by atoms with Crippen LogP contribution in [0.5, 0.6) is 5.75 Å². The van der Waals surface area contributed by atoms with Crippen LogP contribution in [0.15, 0.2) is 18.2 Å². The second-order valence-corrected chi connectivity index (χ2v) is 3.96. The van der Waals surface area contributed by atoms with Crippen LogP contribution in [0.2, 0.25) is 0 Å². The molecule has 0 bridgehead atoms. The van der Waals surface area contributed by atoms with Crippen molar-refractivity contribution < 1.29 is 19.1 Å². The highest BCUT2D eigenvalue weighted by Gasteiger charge is 2.12. The molecule has 98 valence electrons.